The maximum atomic E-state index is 13.8. The summed E-state index contributed by atoms with van der Waals surface area (Å²) in [5.74, 6) is -0.156. The highest BCUT2D eigenvalue weighted by molar-refractivity contribution is 5.79. The first-order valence-electron chi connectivity index (χ1n) is 7.03. The van der Waals surface area contributed by atoms with Crippen LogP contribution in [0.15, 0.2) is 60.8 Å². The number of benzene rings is 2. The highest BCUT2D eigenvalue weighted by Gasteiger charge is 2.13. The van der Waals surface area contributed by atoms with E-state index in [0.29, 0.717) is 6.42 Å². The predicted octanol–water partition coefficient (Wildman–Crippen LogP) is 3.88. The molecule has 0 amide bonds. The monoisotopic (exact) mass is 280 g/mol. The molecule has 3 aromatic rings. The second-order valence-corrected chi connectivity index (χ2v) is 5.09. The van der Waals surface area contributed by atoms with Crippen molar-refractivity contribution >= 4 is 10.9 Å². The molecule has 3 rings (SSSR count). The molecule has 1 unspecified atom stereocenters. The molecule has 0 aliphatic rings. The quantitative estimate of drug-likeness (QED) is 0.784. The van der Waals surface area contributed by atoms with Crippen LogP contribution in [0.4, 0.5) is 4.39 Å². The van der Waals surface area contributed by atoms with Crippen molar-refractivity contribution in [3.63, 3.8) is 0 Å². The normalized spacial score (nSPS) is 12.5. The van der Waals surface area contributed by atoms with Gasteiger partial charge in [-0.3, -0.25) is 4.98 Å². The standard InChI is InChI=1S/C18H17FN2/c1-20-17(11-14-5-2-3-7-16(14)19)15-9-8-13-6-4-10-21-18(13)12-15/h2-10,12,17,20H,11H2,1H3. The van der Waals surface area contributed by atoms with Crippen LogP contribution in [-0.2, 0) is 6.42 Å². The number of hydrogen-bond donors (Lipinski definition) is 1. The number of nitrogens with one attached hydrogen (secondary N) is 1. The molecule has 0 aliphatic heterocycles. The van der Waals surface area contributed by atoms with Gasteiger partial charge in [0.1, 0.15) is 5.82 Å². The molecule has 0 saturated carbocycles. The zero-order valence-corrected chi connectivity index (χ0v) is 11.9. The Morgan fingerprint density at radius 2 is 1.95 bits per heavy atom. The van der Waals surface area contributed by atoms with Gasteiger partial charge in [-0.15, -0.1) is 0 Å². The summed E-state index contributed by atoms with van der Waals surface area (Å²) in [7, 11) is 1.90. The maximum absolute atomic E-state index is 13.8. The number of aromatic nitrogens is 1. The minimum absolute atomic E-state index is 0.0632. The van der Waals surface area contributed by atoms with Crippen LogP contribution in [0.25, 0.3) is 10.9 Å². The zero-order chi connectivity index (χ0) is 14.7. The minimum Gasteiger partial charge on any atom is -0.313 e. The average molecular weight is 280 g/mol. The summed E-state index contributed by atoms with van der Waals surface area (Å²) in [6.45, 7) is 0. The molecule has 0 radical (unpaired) electrons. The van der Waals surface area contributed by atoms with Gasteiger partial charge in [0.05, 0.1) is 5.52 Å². The molecule has 2 aromatic carbocycles. The Morgan fingerprint density at radius 1 is 1.10 bits per heavy atom. The van der Waals surface area contributed by atoms with E-state index in [1.165, 1.54) is 6.07 Å². The van der Waals surface area contributed by atoms with Gasteiger partial charge in [0.25, 0.3) is 0 Å². The fraction of sp³-hybridized carbons (Fsp3) is 0.167. The van der Waals surface area contributed by atoms with Crippen LogP contribution in [0, 0.1) is 5.82 Å². The molecule has 0 aliphatic carbocycles. The van der Waals surface area contributed by atoms with Crippen molar-refractivity contribution in [3.05, 3.63) is 77.7 Å². The molecule has 1 N–H and O–H groups in total. The molecule has 3 heteroatoms. The van der Waals surface area contributed by atoms with E-state index in [4.69, 9.17) is 0 Å². The van der Waals surface area contributed by atoms with Crippen LogP contribution in [0.1, 0.15) is 17.2 Å². The lowest BCUT2D eigenvalue weighted by Gasteiger charge is -2.17. The second-order valence-electron chi connectivity index (χ2n) is 5.09. The summed E-state index contributed by atoms with van der Waals surface area (Å²) in [5.41, 5.74) is 2.80. The largest absolute Gasteiger partial charge is 0.313 e. The number of hydrogen-bond acceptors (Lipinski definition) is 2. The molecule has 0 fully saturated rings. The highest BCUT2D eigenvalue weighted by Crippen LogP contribution is 2.23. The first-order valence-corrected chi connectivity index (χ1v) is 7.03. The van der Waals surface area contributed by atoms with Crippen molar-refractivity contribution < 1.29 is 4.39 Å². The lowest BCUT2D eigenvalue weighted by Crippen LogP contribution is -2.19. The third-order valence-electron chi connectivity index (χ3n) is 3.76. The molecule has 0 saturated heterocycles. The van der Waals surface area contributed by atoms with Crippen LogP contribution in [0.2, 0.25) is 0 Å². The maximum Gasteiger partial charge on any atom is 0.126 e. The van der Waals surface area contributed by atoms with Gasteiger partial charge in [0, 0.05) is 17.6 Å². The van der Waals surface area contributed by atoms with E-state index >= 15 is 0 Å². The van der Waals surface area contributed by atoms with Crippen LogP contribution in [0.3, 0.4) is 0 Å². The third-order valence-corrected chi connectivity index (χ3v) is 3.76. The first-order chi connectivity index (χ1) is 10.3. The van der Waals surface area contributed by atoms with Crippen LogP contribution < -0.4 is 5.32 Å². The summed E-state index contributed by atoms with van der Waals surface area (Å²) in [6, 6.07) is 17.2. The van der Waals surface area contributed by atoms with Gasteiger partial charge in [-0.2, -0.15) is 0 Å². The lowest BCUT2D eigenvalue weighted by molar-refractivity contribution is 0.555. The van der Waals surface area contributed by atoms with E-state index < -0.39 is 0 Å². The van der Waals surface area contributed by atoms with E-state index in [1.807, 2.05) is 31.3 Å². The van der Waals surface area contributed by atoms with Crippen molar-refractivity contribution in [1.82, 2.24) is 10.3 Å². The Bertz CT molecular complexity index is 755. The predicted molar refractivity (Wildman–Crippen MR) is 83.6 cm³/mol. The Balaban J connectivity index is 1.93. The number of pyridine rings is 1. The van der Waals surface area contributed by atoms with Gasteiger partial charge in [-0.05, 0) is 42.8 Å². The SMILES string of the molecule is CNC(Cc1ccccc1F)c1ccc2cccnc2c1. The van der Waals surface area contributed by atoms with Gasteiger partial charge < -0.3 is 5.32 Å². The Morgan fingerprint density at radius 3 is 2.76 bits per heavy atom. The summed E-state index contributed by atoms with van der Waals surface area (Å²) in [5, 5.41) is 4.38. The molecule has 1 heterocycles. The van der Waals surface area contributed by atoms with Crippen molar-refractivity contribution in [2.24, 2.45) is 0 Å². The van der Waals surface area contributed by atoms with Crippen LogP contribution in [-0.4, -0.2) is 12.0 Å². The van der Waals surface area contributed by atoms with E-state index in [1.54, 1.807) is 12.3 Å². The number of rotatable bonds is 4. The van der Waals surface area contributed by atoms with Gasteiger partial charge in [0.15, 0.2) is 0 Å². The van der Waals surface area contributed by atoms with Crippen LogP contribution >= 0.6 is 0 Å². The summed E-state index contributed by atoms with van der Waals surface area (Å²) in [6.07, 6.45) is 2.40. The average Bonchev–Trinajstić information content (AvgIpc) is 2.54. The molecular formula is C18H17FN2. The molecule has 2 nitrogen and oxygen atoms in total. The molecular weight excluding hydrogens is 263 g/mol. The molecule has 0 spiro atoms. The van der Waals surface area contributed by atoms with Gasteiger partial charge in [-0.25, -0.2) is 4.39 Å². The topological polar surface area (TPSA) is 24.9 Å². The third kappa shape index (κ3) is 2.93. The van der Waals surface area contributed by atoms with Crippen molar-refractivity contribution in [1.29, 1.82) is 0 Å². The molecule has 1 atom stereocenters. The molecule has 21 heavy (non-hydrogen) atoms. The highest BCUT2D eigenvalue weighted by atomic mass is 19.1. The van der Waals surface area contributed by atoms with Crippen LogP contribution in [0.5, 0.6) is 0 Å². The van der Waals surface area contributed by atoms with Crippen molar-refractivity contribution in [3.8, 4) is 0 Å². The Labute approximate surface area is 123 Å². The van der Waals surface area contributed by atoms with E-state index in [-0.39, 0.29) is 11.9 Å². The Hall–Kier alpha value is -2.26. The lowest BCUT2D eigenvalue weighted by atomic mass is 9.97. The van der Waals surface area contributed by atoms with E-state index in [0.717, 1.165) is 22.0 Å². The first kappa shape index (κ1) is 13.7. The van der Waals surface area contributed by atoms with Crippen molar-refractivity contribution in [2.75, 3.05) is 7.05 Å². The number of nitrogens with zero attached hydrogens (tertiary/aromatic N) is 1. The summed E-state index contributed by atoms with van der Waals surface area (Å²) < 4.78 is 13.8. The van der Waals surface area contributed by atoms with Gasteiger partial charge >= 0.3 is 0 Å². The van der Waals surface area contributed by atoms with E-state index in [9.17, 15) is 4.39 Å². The number of likely N-dealkylation sites (N-methyl/N-ethyl adjacent to an activating group) is 1. The fourth-order valence-corrected chi connectivity index (χ4v) is 2.57. The fourth-order valence-electron chi connectivity index (χ4n) is 2.57. The second kappa shape index (κ2) is 6.02. The van der Waals surface area contributed by atoms with E-state index in [2.05, 4.69) is 28.5 Å². The van der Waals surface area contributed by atoms with Crippen molar-refractivity contribution in [2.45, 2.75) is 12.5 Å². The minimum atomic E-state index is -0.156. The van der Waals surface area contributed by atoms with Gasteiger partial charge in [-0.1, -0.05) is 36.4 Å². The molecule has 1 aromatic heterocycles. The smallest absolute Gasteiger partial charge is 0.126 e. The Kier molecular flexibility index (Phi) is 3.93. The van der Waals surface area contributed by atoms with Gasteiger partial charge in [0.2, 0.25) is 0 Å². The summed E-state index contributed by atoms with van der Waals surface area (Å²) in [4.78, 5) is 4.38. The zero-order valence-electron chi connectivity index (χ0n) is 11.9. The number of halogens is 1. The summed E-state index contributed by atoms with van der Waals surface area (Å²) >= 11 is 0. The number of fused-ring (bicyclic) bond motifs is 1. The molecule has 0 bridgehead atoms. The molecule has 106 valence electrons.